The highest BCUT2D eigenvalue weighted by molar-refractivity contribution is 9.10. The van der Waals surface area contributed by atoms with Crippen LogP contribution in [-0.2, 0) is 16.0 Å². The lowest BCUT2D eigenvalue weighted by molar-refractivity contribution is -0.156. The van der Waals surface area contributed by atoms with Crippen LogP contribution in [0.1, 0.15) is 5.56 Å². The minimum atomic E-state index is -3.20. The van der Waals surface area contributed by atoms with Crippen LogP contribution in [-0.4, -0.2) is 19.0 Å². The van der Waals surface area contributed by atoms with E-state index in [1.807, 2.05) is 0 Å². The molecular formula is C16H11BrF4O3. The molecule has 0 heterocycles. The number of rotatable bonds is 6. The summed E-state index contributed by atoms with van der Waals surface area (Å²) in [6.45, 7) is -0.292. The van der Waals surface area contributed by atoms with E-state index in [1.54, 1.807) is 12.1 Å². The fourth-order valence-corrected chi connectivity index (χ4v) is 2.45. The third-order valence-corrected chi connectivity index (χ3v) is 3.66. The van der Waals surface area contributed by atoms with Crippen LogP contribution >= 0.6 is 15.9 Å². The van der Waals surface area contributed by atoms with Crippen molar-refractivity contribution in [3.05, 3.63) is 58.1 Å². The second-order valence-electron chi connectivity index (χ2n) is 4.64. The SMILES string of the molecule is O=C(OCCc1c(Br)cccc1Oc1cc(F)cc(F)c1)C(F)F. The summed E-state index contributed by atoms with van der Waals surface area (Å²) in [7, 11) is 0. The number of halogens is 5. The Morgan fingerprint density at radius 3 is 2.42 bits per heavy atom. The fourth-order valence-electron chi connectivity index (χ4n) is 1.91. The maximum absolute atomic E-state index is 13.2. The Kier molecular flexibility index (Phi) is 6.19. The number of benzene rings is 2. The first-order valence-corrected chi connectivity index (χ1v) is 7.52. The summed E-state index contributed by atoms with van der Waals surface area (Å²) in [5.41, 5.74) is 0.504. The van der Waals surface area contributed by atoms with Gasteiger partial charge < -0.3 is 9.47 Å². The Bertz CT molecular complexity index is 717. The van der Waals surface area contributed by atoms with Gasteiger partial charge in [0.2, 0.25) is 0 Å². The van der Waals surface area contributed by atoms with Crippen LogP contribution in [0.3, 0.4) is 0 Å². The van der Waals surface area contributed by atoms with Crippen molar-refractivity contribution >= 4 is 21.9 Å². The summed E-state index contributed by atoms with van der Waals surface area (Å²) in [6.07, 6.45) is -3.12. The molecule has 0 aliphatic carbocycles. The highest BCUT2D eigenvalue weighted by Crippen LogP contribution is 2.31. The summed E-state index contributed by atoms with van der Waals surface area (Å²) in [4.78, 5) is 10.8. The molecule has 0 aliphatic heterocycles. The number of hydrogen-bond acceptors (Lipinski definition) is 3. The average molecular weight is 407 g/mol. The van der Waals surface area contributed by atoms with Crippen LogP contribution < -0.4 is 4.74 Å². The van der Waals surface area contributed by atoms with Crippen LogP contribution in [0, 0.1) is 11.6 Å². The molecule has 0 atom stereocenters. The molecule has 0 saturated carbocycles. The number of alkyl halides is 2. The quantitative estimate of drug-likeness (QED) is 0.507. The van der Waals surface area contributed by atoms with Crippen molar-refractivity contribution in [2.24, 2.45) is 0 Å². The molecule has 128 valence electrons. The van der Waals surface area contributed by atoms with Gasteiger partial charge in [-0.05, 0) is 12.1 Å². The number of esters is 1. The van der Waals surface area contributed by atoms with Gasteiger partial charge in [-0.3, -0.25) is 0 Å². The van der Waals surface area contributed by atoms with E-state index in [1.165, 1.54) is 6.07 Å². The van der Waals surface area contributed by atoms with Gasteiger partial charge >= 0.3 is 12.4 Å². The van der Waals surface area contributed by atoms with Gasteiger partial charge in [0.25, 0.3) is 0 Å². The second-order valence-corrected chi connectivity index (χ2v) is 5.50. The minimum Gasteiger partial charge on any atom is -0.461 e. The molecule has 3 nitrogen and oxygen atoms in total. The summed E-state index contributed by atoms with van der Waals surface area (Å²) in [5, 5.41) is 0. The van der Waals surface area contributed by atoms with Gasteiger partial charge in [0.05, 0.1) is 6.61 Å². The molecule has 0 amide bonds. The van der Waals surface area contributed by atoms with Crippen LogP contribution in [0.2, 0.25) is 0 Å². The topological polar surface area (TPSA) is 35.5 Å². The molecule has 0 aliphatic rings. The Morgan fingerprint density at radius 2 is 1.79 bits per heavy atom. The van der Waals surface area contributed by atoms with E-state index in [0.717, 1.165) is 12.1 Å². The Balaban J connectivity index is 2.15. The van der Waals surface area contributed by atoms with E-state index < -0.39 is 24.0 Å². The third-order valence-electron chi connectivity index (χ3n) is 2.91. The van der Waals surface area contributed by atoms with E-state index in [-0.39, 0.29) is 24.5 Å². The molecule has 2 aromatic carbocycles. The van der Waals surface area contributed by atoms with Crippen molar-refractivity contribution in [3.8, 4) is 11.5 Å². The summed E-state index contributed by atoms with van der Waals surface area (Å²) < 4.78 is 61.1. The number of ether oxygens (including phenoxy) is 2. The van der Waals surface area contributed by atoms with E-state index in [0.29, 0.717) is 16.1 Å². The molecule has 0 unspecified atom stereocenters. The lowest BCUT2D eigenvalue weighted by Gasteiger charge is -2.13. The van der Waals surface area contributed by atoms with Gasteiger partial charge in [0.1, 0.15) is 23.1 Å². The highest BCUT2D eigenvalue weighted by Gasteiger charge is 2.17. The van der Waals surface area contributed by atoms with Crippen LogP contribution in [0.4, 0.5) is 17.6 Å². The van der Waals surface area contributed by atoms with E-state index in [4.69, 9.17) is 4.74 Å². The van der Waals surface area contributed by atoms with Crippen molar-refractivity contribution in [2.75, 3.05) is 6.61 Å². The van der Waals surface area contributed by atoms with Crippen LogP contribution in [0.5, 0.6) is 11.5 Å². The number of carbonyl (C=O) groups is 1. The molecule has 8 heteroatoms. The predicted octanol–water partition coefficient (Wildman–Crippen LogP) is 4.87. The largest absolute Gasteiger partial charge is 0.461 e. The zero-order valence-electron chi connectivity index (χ0n) is 12.1. The first kappa shape index (κ1) is 18.3. The first-order valence-electron chi connectivity index (χ1n) is 6.73. The Labute approximate surface area is 143 Å². The van der Waals surface area contributed by atoms with Crippen LogP contribution in [0.15, 0.2) is 40.9 Å². The standard InChI is InChI=1S/C16H11BrF4O3/c17-13-2-1-3-14(12(13)4-5-23-16(22)15(20)21)24-11-7-9(18)6-10(19)8-11/h1-3,6-8,15H,4-5H2. The highest BCUT2D eigenvalue weighted by atomic mass is 79.9. The number of hydrogen-bond donors (Lipinski definition) is 0. The van der Waals surface area contributed by atoms with E-state index >= 15 is 0 Å². The third kappa shape index (κ3) is 4.95. The molecular weight excluding hydrogens is 396 g/mol. The lowest BCUT2D eigenvalue weighted by Crippen LogP contribution is -2.16. The molecule has 24 heavy (non-hydrogen) atoms. The molecule has 0 saturated heterocycles. The van der Waals surface area contributed by atoms with Gasteiger partial charge in [-0.2, -0.15) is 8.78 Å². The molecule has 2 rings (SSSR count). The normalized spacial score (nSPS) is 10.8. The smallest absolute Gasteiger partial charge is 0.373 e. The van der Waals surface area contributed by atoms with Crippen molar-refractivity contribution in [1.82, 2.24) is 0 Å². The van der Waals surface area contributed by atoms with Crippen molar-refractivity contribution in [3.63, 3.8) is 0 Å². The maximum atomic E-state index is 13.2. The molecule has 0 fully saturated rings. The Hall–Kier alpha value is -2.09. The molecule has 2 aromatic rings. The molecule has 0 radical (unpaired) electrons. The van der Waals surface area contributed by atoms with Gasteiger partial charge in [0, 0.05) is 34.7 Å². The zero-order valence-corrected chi connectivity index (χ0v) is 13.7. The molecule has 0 bridgehead atoms. The summed E-state index contributed by atoms with van der Waals surface area (Å²) >= 11 is 3.27. The van der Waals surface area contributed by atoms with Crippen LogP contribution in [0.25, 0.3) is 0 Å². The first-order chi connectivity index (χ1) is 11.4. The molecule has 0 aromatic heterocycles. The van der Waals surface area contributed by atoms with Crippen molar-refractivity contribution in [2.45, 2.75) is 12.8 Å². The van der Waals surface area contributed by atoms with E-state index in [9.17, 15) is 22.4 Å². The average Bonchev–Trinajstić information content (AvgIpc) is 2.48. The predicted molar refractivity (Wildman–Crippen MR) is 81.2 cm³/mol. The molecule has 0 spiro atoms. The second kappa shape index (κ2) is 8.14. The maximum Gasteiger partial charge on any atom is 0.373 e. The summed E-state index contributed by atoms with van der Waals surface area (Å²) in [6, 6.07) is 7.55. The summed E-state index contributed by atoms with van der Waals surface area (Å²) in [5.74, 6) is -3.02. The van der Waals surface area contributed by atoms with Gasteiger partial charge in [-0.1, -0.05) is 22.0 Å². The van der Waals surface area contributed by atoms with E-state index in [2.05, 4.69) is 20.7 Å². The molecule has 0 N–H and O–H groups in total. The Morgan fingerprint density at radius 1 is 1.12 bits per heavy atom. The van der Waals surface area contributed by atoms with Gasteiger partial charge in [0.15, 0.2) is 0 Å². The number of carbonyl (C=O) groups excluding carboxylic acids is 1. The van der Waals surface area contributed by atoms with Gasteiger partial charge in [-0.15, -0.1) is 0 Å². The minimum absolute atomic E-state index is 0.0589. The monoisotopic (exact) mass is 406 g/mol. The van der Waals surface area contributed by atoms with Gasteiger partial charge in [-0.25, -0.2) is 13.6 Å². The van der Waals surface area contributed by atoms with Crippen molar-refractivity contribution in [1.29, 1.82) is 0 Å². The zero-order chi connectivity index (χ0) is 17.7. The van der Waals surface area contributed by atoms with Crippen molar-refractivity contribution < 1.29 is 31.8 Å². The lowest BCUT2D eigenvalue weighted by atomic mass is 10.1. The fraction of sp³-hybridized carbons (Fsp3) is 0.188.